The van der Waals surface area contributed by atoms with Crippen LogP contribution in [0.4, 0.5) is 5.69 Å². The number of amides is 1. The Bertz CT molecular complexity index is 667. The van der Waals surface area contributed by atoms with Crippen LogP contribution >= 0.6 is 0 Å². The van der Waals surface area contributed by atoms with E-state index in [2.05, 4.69) is 27.2 Å². The van der Waals surface area contributed by atoms with Crippen molar-refractivity contribution in [1.82, 2.24) is 15.0 Å². The van der Waals surface area contributed by atoms with Crippen molar-refractivity contribution in [1.29, 1.82) is 0 Å². The van der Waals surface area contributed by atoms with Crippen molar-refractivity contribution in [3.05, 3.63) is 41.0 Å². The molecule has 2 aromatic heterocycles. The topological polar surface area (TPSA) is 62.5 Å². The minimum Gasteiger partial charge on any atom is -0.368 e. The van der Waals surface area contributed by atoms with Gasteiger partial charge in [-0.25, -0.2) is 0 Å². The first-order valence-electron chi connectivity index (χ1n) is 7.46. The first-order chi connectivity index (χ1) is 10.5. The monoisotopic (exact) mass is 300 g/mol. The first kappa shape index (κ1) is 14.6. The lowest BCUT2D eigenvalue weighted by molar-refractivity contribution is 0.0736. The largest absolute Gasteiger partial charge is 0.368 e. The van der Waals surface area contributed by atoms with Gasteiger partial charge in [0.2, 0.25) is 0 Å². The van der Waals surface area contributed by atoms with Crippen LogP contribution in [0.2, 0.25) is 0 Å². The van der Waals surface area contributed by atoms with Crippen LogP contribution in [-0.4, -0.2) is 47.1 Å². The number of hydrogen-bond acceptors (Lipinski definition) is 5. The lowest BCUT2D eigenvalue weighted by atomic mass is 10.2. The van der Waals surface area contributed by atoms with E-state index < -0.39 is 0 Å². The van der Waals surface area contributed by atoms with Crippen LogP contribution in [-0.2, 0) is 0 Å². The molecule has 6 nitrogen and oxygen atoms in total. The molecule has 1 aliphatic rings. The van der Waals surface area contributed by atoms with Crippen molar-refractivity contribution < 1.29 is 9.32 Å². The zero-order valence-corrected chi connectivity index (χ0v) is 13.2. The number of piperazine rings is 1. The Kier molecular flexibility index (Phi) is 3.83. The summed E-state index contributed by atoms with van der Waals surface area (Å²) in [7, 11) is 0. The highest BCUT2D eigenvalue weighted by Gasteiger charge is 2.24. The van der Waals surface area contributed by atoms with Crippen LogP contribution in [0, 0.1) is 20.8 Å². The molecule has 3 heterocycles. The number of aromatic nitrogens is 2. The smallest absolute Gasteiger partial charge is 0.276 e. The fourth-order valence-corrected chi connectivity index (χ4v) is 2.79. The van der Waals surface area contributed by atoms with E-state index in [9.17, 15) is 4.79 Å². The summed E-state index contributed by atoms with van der Waals surface area (Å²) >= 11 is 0. The van der Waals surface area contributed by atoms with Gasteiger partial charge in [0.05, 0.1) is 0 Å². The molecular weight excluding hydrogens is 280 g/mol. The molecule has 2 aromatic rings. The Morgan fingerprint density at radius 1 is 1.05 bits per heavy atom. The second-order valence-corrected chi connectivity index (χ2v) is 5.71. The number of pyridine rings is 1. The maximum Gasteiger partial charge on any atom is 0.276 e. The van der Waals surface area contributed by atoms with Gasteiger partial charge < -0.3 is 14.3 Å². The number of anilines is 1. The molecule has 1 aliphatic heterocycles. The number of nitrogens with zero attached hydrogens (tertiary/aromatic N) is 4. The normalized spacial score (nSPS) is 15.2. The van der Waals surface area contributed by atoms with Gasteiger partial charge in [0.15, 0.2) is 5.69 Å². The van der Waals surface area contributed by atoms with Crippen LogP contribution in [0.5, 0.6) is 0 Å². The molecule has 116 valence electrons. The van der Waals surface area contributed by atoms with Crippen LogP contribution in [0.15, 0.2) is 22.7 Å². The maximum atomic E-state index is 12.3. The van der Waals surface area contributed by atoms with Crippen molar-refractivity contribution in [3.63, 3.8) is 0 Å². The van der Waals surface area contributed by atoms with E-state index in [1.807, 2.05) is 18.7 Å². The van der Waals surface area contributed by atoms with Crippen LogP contribution in [0.1, 0.15) is 27.6 Å². The van der Waals surface area contributed by atoms with Crippen molar-refractivity contribution in [2.24, 2.45) is 0 Å². The Morgan fingerprint density at radius 3 is 2.23 bits per heavy atom. The molecule has 1 fully saturated rings. The van der Waals surface area contributed by atoms with Crippen molar-refractivity contribution in [2.45, 2.75) is 20.8 Å². The SMILES string of the molecule is Cc1cc(N2CCN(C(=O)c3cc(C)on3)CC2)cc(C)n1. The van der Waals surface area contributed by atoms with Gasteiger partial charge in [-0.1, -0.05) is 5.16 Å². The molecular formula is C16H20N4O2. The first-order valence-corrected chi connectivity index (χ1v) is 7.46. The number of hydrogen-bond donors (Lipinski definition) is 0. The number of carbonyl (C=O) groups excluding carboxylic acids is 1. The third-order valence-corrected chi connectivity index (χ3v) is 3.85. The fraction of sp³-hybridized carbons (Fsp3) is 0.438. The molecule has 0 saturated carbocycles. The second-order valence-electron chi connectivity index (χ2n) is 5.71. The van der Waals surface area contributed by atoms with Gasteiger partial charge >= 0.3 is 0 Å². The lowest BCUT2D eigenvalue weighted by Gasteiger charge is -2.36. The molecule has 1 amide bonds. The number of aryl methyl sites for hydroxylation is 3. The molecule has 0 unspecified atom stereocenters. The van der Waals surface area contributed by atoms with E-state index in [0.29, 0.717) is 24.5 Å². The highest BCUT2D eigenvalue weighted by Crippen LogP contribution is 2.19. The third kappa shape index (κ3) is 2.95. The second kappa shape index (κ2) is 5.79. The van der Waals surface area contributed by atoms with Gasteiger partial charge in [0.25, 0.3) is 5.91 Å². The van der Waals surface area contributed by atoms with E-state index in [4.69, 9.17) is 4.52 Å². The van der Waals surface area contributed by atoms with E-state index in [0.717, 1.165) is 24.5 Å². The minimum atomic E-state index is -0.0569. The number of carbonyl (C=O) groups is 1. The van der Waals surface area contributed by atoms with Crippen molar-refractivity contribution in [2.75, 3.05) is 31.1 Å². The fourth-order valence-electron chi connectivity index (χ4n) is 2.79. The van der Waals surface area contributed by atoms with Gasteiger partial charge in [0.1, 0.15) is 5.76 Å². The van der Waals surface area contributed by atoms with Gasteiger partial charge in [-0.3, -0.25) is 9.78 Å². The van der Waals surface area contributed by atoms with Gasteiger partial charge in [-0.15, -0.1) is 0 Å². The van der Waals surface area contributed by atoms with E-state index in [1.54, 1.807) is 13.0 Å². The Morgan fingerprint density at radius 2 is 1.68 bits per heavy atom. The molecule has 0 spiro atoms. The molecule has 22 heavy (non-hydrogen) atoms. The Labute approximate surface area is 129 Å². The maximum absolute atomic E-state index is 12.3. The molecule has 6 heteroatoms. The summed E-state index contributed by atoms with van der Waals surface area (Å²) in [6, 6.07) is 5.86. The molecule has 0 aromatic carbocycles. The summed E-state index contributed by atoms with van der Waals surface area (Å²) in [4.78, 5) is 20.9. The summed E-state index contributed by atoms with van der Waals surface area (Å²) < 4.78 is 4.98. The summed E-state index contributed by atoms with van der Waals surface area (Å²) in [5.74, 6) is 0.600. The summed E-state index contributed by atoms with van der Waals surface area (Å²) in [6.45, 7) is 8.79. The molecule has 0 atom stereocenters. The van der Waals surface area contributed by atoms with E-state index in [1.165, 1.54) is 5.69 Å². The highest BCUT2D eigenvalue weighted by atomic mass is 16.5. The number of rotatable bonds is 2. The van der Waals surface area contributed by atoms with Crippen LogP contribution in [0.25, 0.3) is 0 Å². The predicted molar refractivity (Wildman–Crippen MR) is 83.1 cm³/mol. The average molecular weight is 300 g/mol. The molecule has 1 saturated heterocycles. The van der Waals surface area contributed by atoms with E-state index in [-0.39, 0.29) is 5.91 Å². The van der Waals surface area contributed by atoms with Gasteiger partial charge in [0, 0.05) is 49.3 Å². The Hall–Kier alpha value is -2.37. The summed E-state index contributed by atoms with van der Waals surface area (Å²) in [5, 5.41) is 3.80. The van der Waals surface area contributed by atoms with Crippen molar-refractivity contribution in [3.8, 4) is 0 Å². The summed E-state index contributed by atoms with van der Waals surface area (Å²) in [6.07, 6.45) is 0. The quantitative estimate of drug-likeness (QED) is 0.848. The lowest BCUT2D eigenvalue weighted by Crippen LogP contribution is -2.49. The molecule has 3 rings (SSSR count). The predicted octanol–water partition coefficient (Wildman–Crippen LogP) is 1.96. The van der Waals surface area contributed by atoms with Crippen molar-refractivity contribution >= 4 is 11.6 Å². The van der Waals surface area contributed by atoms with E-state index >= 15 is 0 Å². The molecule has 0 radical (unpaired) electrons. The molecule has 0 N–H and O–H groups in total. The zero-order valence-electron chi connectivity index (χ0n) is 13.2. The Balaban J connectivity index is 1.66. The molecule has 0 aliphatic carbocycles. The van der Waals surface area contributed by atoms with Crippen LogP contribution in [0.3, 0.4) is 0 Å². The third-order valence-electron chi connectivity index (χ3n) is 3.85. The standard InChI is InChI=1S/C16H20N4O2/c1-11-8-14(9-12(2)17-11)19-4-6-20(7-5-19)16(21)15-10-13(3)22-18-15/h8-10H,4-7H2,1-3H3. The van der Waals surface area contributed by atoms with Gasteiger partial charge in [-0.2, -0.15) is 0 Å². The highest BCUT2D eigenvalue weighted by molar-refractivity contribution is 5.92. The minimum absolute atomic E-state index is 0.0569. The average Bonchev–Trinajstić information content (AvgIpc) is 2.92. The molecule has 0 bridgehead atoms. The summed E-state index contributed by atoms with van der Waals surface area (Å²) in [5.41, 5.74) is 3.61. The van der Waals surface area contributed by atoms with Gasteiger partial charge in [-0.05, 0) is 32.9 Å². The van der Waals surface area contributed by atoms with Crippen LogP contribution < -0.4 is 4.90 Å². The zero-order chi connectivity index (χ0) is 15.7.